The van der Waals surface area contributed by atoms with E-state index >= 15 is 0 Å². The molecule has 2 aromatic heterocycles. The van der Waals surface area contributed by atoms with Gasteiger partial charge in [0.15, 0.2) is 0 Å². The Bertz CT molecular complexity index is 628. The quantitative estimate of drug-likeness (QED) is 0.939. The van der Waals surface area contributed by atoms with Crippen LogP contribution in [-0.4, -0.2) is 28.9 Å². The van der Waals surface area contributed by atoms with Crippen molar-refractivity contribution in [3.05, 3.63) is 39.2 Å². The molecular formula is C15H19N3O2S. The molecule has 0 saturated heterocycles. The number of carbonyl (C=O) groups is 1. The number of amides is 1. The fraction of sp³-hybridized carbons (Fsp3) is 0.467. The molecule has 21 heavy (non-hydrogen) atoms. The molecule has 0 aliphatic carbocycles. The lowest BCUT2D eigenvalue weighted by molar-refractivity contribution is -0.131. The molecule has 1 amide bonds. The van der Waals surface area contributed by atoms with Crippen LogP contribution in [0, 0.1) is 13.8 Å². The molecule has 1 aliphatic heterocycles. The van der Waals surface area contributed by atoms with Crippen molar-refractivity contribution < 1.29 is 9.21 Å². The second-order valence-corrected chi connectivity index (χ2v) is 6.29. The Morgan fingerprint density at radius 1 is 1.52 bits per heavy atom. The van der Waals surface area contributed by atoms with Crippen LogP contribution in [-0.2, 0) is 24.3 Å². The Balaban J connectivity index is 1.49. The van der Waals surface area contributed by atoms with E-state index in [0.29, 0.717) is 19.0 Å². The van der Waals surface area contributed by atoms with Crippen molar-refractivity contribution in [1.82, 2.24) is 15.2 Å². The third kappa shape index (κ3) is 3.16. The van der Waals surface area contributed by atoms with Crippen molar-refractivity contribution in [3.8, 4) is 0 Å². The van der Waals surface area contributed by atoms with Crippen LogP contribution in [0.4, 0.5) is 0 Å². The summed E-state index contributed by atoms with van der Waals surface area (Å²) in [5, 5.41) is 5.21. The monoisotopic (exact) mass is 305 g/mol. The van der Waals surface area contributed by atoms with E-state index in [1.807, 2.05) is 18.7 Å². The molecule has 0 aromatic carbocycles. The van der Waals surface area contributed by atoms with Crippen molar-refractivity contribution in [3.63, 3.8) is 0 Å². The predicted octanol–water partition coefficient (Wildman–Crippen LogP) is 2.03. The Kier molecular flexibility index (Phi) is 4.07. The summed E-state index contributed by atoms with van der Waals surface area (Å²) in [7, 11) is 0. The summed E-state index contributed by atoms with van der Waals surface area (Å²) < 4.78 is 5.48. The Labute approximate surface area is 128 Å². The van der Waals surface area contributed by atoms with E-state index in [0.717, 1.165) is 31.0 Å². The van der Waals surface area contributed by atoms with Crippen molar-refractivity contribution in [2.75, 3.05) is 13.1 Å². The topological polar surface area (TPSA) is 58.4 Å². The number of nitrogens with one attached hydrogen (secondary N) is 1. The predicted molar refractivity (Wildman–Crippen MR) is 81.1 cm³/mol. The molecule has 0 saturated carbocycles. The Morgan fingerprint density at radius 2 is 2.38 bits per heavy atom. The van der Waals surface area contributed by atoms with Crippen molar-refractivity contribution >= 4 is 17.2 Å². The van der Waals surface area contributed by atoms with Crippen LogP contribution in [0.5, 0.6) is 0 Å². The van der Waals surface area contributed by atoms with Gasteiger partial charge in [-0.15, -0.1) is 11.3 Å². The van der Waals surface area contributed by atoms with Crippen LogP contribution in [0.25, 0.3) is 0 Å². The molecule has 0 atom stereocenters. The first-order valence-corrected chi connectivity index (χ1v) is 7.98. The highest BCUT2D eigenvalue weighted by Crippen LogP contribution is 2.23. The summed E-state index contributed by atoms with van der Waals surface area (Å²) in [5.41, 5.74) is 2.19. The summed E-state index contributed by atoms with van der Waals surface area (Å²) in [4.78, 5) is 19.8. The van der Waals surface area contributed by atoms with Crippen molar-refractivity contribution in [2.45, 2.75) is 33.4 Å². The number of hydrogen-bond acceptors (Lipinski definition) is 5. The minimum Gasteiger partial charge on any atom is -0.444 e. The van der Waals surface area contributed by atoms with Crippen LogP contribution < -0.4 is 5.32 Å². The number of aromatic nitrogens is 1. The van der Waals surface area contributed by atoms with E-state index in [-0.39, 0.29) is 5.91 Å². The first kappa shape index (κ1) is 14.3. The SMILES string of the molecule is Cc1nc(CNCC(=O)N2CCc3sccc3C2)oc1C. The summed E-state index contributed by atoms with van der Waals surface area (Å²) in [6.07, 6.45) is 0.969. The number of aryl methyl sites for hydroxylation is 2. The number of oxazole rings is 1. The van der Waals surface area contributed by atoms with Gasteiger partial charge in [0.2, 0.25) is 11.8 Å². The first-order chi connectivity index (χ1) is 10.1. The number of hydrogen-bond donors (Lipinski definition) is 1. The molecule has 0 unspecified atom stereocenters. The molecule has 0 fully saturated rings. The van der Waals surface area contributed by atoms with E-state index in [2.05, 4.69) is 21.7 Å². The van der Waals surface area contributed by atoms with E-state index in [4.69, 9.17) is 4.42 Å². The molecule has 6 heteroatoms. The third-order valence-electron chi connectivity index (χ3n) is 3.79. The van der Waals surface area contributed by atoms with Gasteiger partial charge in [0.05, 0.1) is 18.8 Å². The van der Waals surface area contributed by atoms with Gasteiger partial charge in [-0.3, -0.25) is 10.1 Å². The third-order valence-corrected chi connectivity index (χ3v) is 4.81. The second-order valence-electron chi connectivity index (χ2n) is 5.29. The van der Waals surface area contributed by atoms with Gasteiger partial charge in [0, 0.05) is 18.0 Å². The number of fused-ring (bicyclic) bond motifs is 1. The Morgan fingerprint density at radius 3 is 3.14 bits per heavy atom. The molecule has 2 aromatic rings. The molecule has 0 bridgehead atoms. The highest BCUT2D eigenvalue weighted by molar-refractivity contribution is 7.10. The molecule has 1 aliphatic rings. The summed E-state index contributed by atoms with van der Waals surface area (Å²) in [5.74, 6) is 1.60. The maximum Gasteiger partial charge on any atom is 0.236 e. The fourth-order valence-corrected chi connectivity index (χ4v) is 3.35. The zero-order valence-corrected chi connectivity index (χ0v) is 13.1. The minimum atomic E-state index is 0.131. The smallest absolute Gasteiger partial charge is 0.236 e. The lowest BCUT2D eigenvalue weighted by Crippen LogP contribution is -2.40. The lowest BCUT2D eigenvalue weighted by atomic mass is 10.1. The zero-order chi connectivity index (χ0) is 14.8. The van der Waals surface area contributed by atoms with Gasteiger partial charge >= 0.3 is 0 Å². The highest BCUT2D eigenvalue weighted by atomic mass is 32.1. The van der Waals surface area contributed by atoms with Crippen molar-refractivity contribution in [2.24, 2.45) is 0 Å². The number of carbonyl (C=O) groups excluding carboxylic acids is 1. The van der Waals surface area contributed by atoms with Crippen LogP contribution in [0.1, 0.15) is 27.8 Å². The summed E-state index contributed by atoms with van der Waals surface area (Å²) in [6.45, 7) is 6.16. The molecular weight excluding hydrogens is 286 g/mol. The number of nitrogens with zero attached hydrogens (tertiary/aromatic N) is 2. The maximum absolute atomic E-state index is 12.2. The largest absolute Gasteiger partial charge is 0.444 e. The van der Waals surface area contributed by atoms with Crippen LogP contribution in [0.3, 0.4) is 0 Å². The first-order valence-electron chi connectivity index (χ1n) is 7.10. The maximum atomic E-state index is 12.2. The van der Waals surface area contributed by atoms with Gasteiger partial charge in [-0.05, 0) is 37.3 Å². The van der Waals surface area contributed by atoms with Gasteiger partial charge in [-0.25, -0.2) is 4.98 Å². The molecule has 5 nitrogen and oxygen atoms in total. The minimum absolute atomic E-state index is 0.131. The molecule has 1 N–H and O–H groups in total. The average molecular weight is 305 g/mol. The lowest BCUT2D eigenvalue weighted by Gasteiger charge is -2.27. The van der Waals surface area contributed by atoms with Crippen LogP contribution >= 0.6 is 11.3 Å². The molecule has 3 rings (SSSR count). The standard InChI is InChI=1S/C15H19N3O2S/c1-10-11(2)20-14(17-10)7-16-8-15(19)18-5-3-13-12(9-18)4-6-21-13/h4,6,16H,3,5,7-9H2,1-2H3. The molecule has 0 spiro atoms. The van der Waals surface area contributed by atoms with Crippen molar-refractivity contribution in [1.29, 1.82) is 0 Å². The van der Waals surface area contributed by atoms with Crippen LogP contribution in [0.15, 0.2) is 15.9 Å². The number of thiophene rings is 1. The molecule has 3 heterocycles. The normalized spacial score (nSPS) is 14.3. The average Bonchev–Trinajstić information content (AvgIpc) is 3.05. The summed E-state index contributed by atoms with van der Waals surface area (Å²) >= 11 is 1.78. The highest BCUT2D eigenvalue weighted by Gasteiger charge is 2.21. The molecule has 112 valence electrons. The molecule has 0 radical (unpaired) electrons. The Hall–Kier alpha value is -1.66. The fourth-order valence-electron chi connectivity index (χ4n) is 2.46. The van der Waals surface area contributed by atoms with Gasteiger partial charge in [0.1, 0.15) is 5.76 Å². The number of rotatable bonds is 4. The van der Waals surface area contributed by atoms with E-state index < -0.39 is 0 Å². The second kappa shape index (κ2) is 5.99. The van der Waals surface area contributed by atoms with Crippen LogP contribution in [0.2, 0.25) is 0 Å². The zero-order valence-electron chi connectivity index (χ0n) is 12.3. The van der Waals surface area contributed by atoms with Gasteiger partial charge in [-0.2, -0.15) is 0 Å². The van der Waals surface area contributed by atoms with E-state index in [1.54, 1.807) is 11.3 Å². The van der Waals surface area contributed by atoms with Gasteiger partial charge < -0.3 is 9.32 Å². The van der Waals surface area contributed by atoms with Gasteiger partial charge in [-0.1, -0.05) is 0 Å². The van der Waals surface area contributed by atoms with Gasteiger partial charge in [0.25, 0.3) is 0 Å². The summed E-state index contributed by atoms with van der Waals surface area (Å²) in [6, 6.07) is 2.12. The van der Waals surface area contributed by atoms with E-state index in [1.165, 1.54) is 10.4 Å². The van der Waals surface area contributed by atoms with E-state index in [9.17, 15) is 4.79 Å².